The van der Waals surface area contributed by atoms with Gasteiger partial charge in [-0.25, -0.2) is 9.78 Å². The molecule has 0 spiro atoms. The molecule has 4 rings (SSSR count). The number of hydrogen-bond acceptors (Lipinski definition) is 6. The van der Waals surface area contributed by atoms with Gasteiger partial charge in [-0.2, -0.15) is 5.10 Å². The molecule has 2 aromatic rings. The number of fused-ring (bicyclic) bond motifs is 1. The Morgan fingerprint density at radius 2 is 1.89 bits per heavy atom. The number of halogens is 1. The third kappa shape index (κ3) is 6.65. The number of rotatable bonds is 7. The first-order valence-electron chi connectivity index (χ1n) is 14.0. The lowest BCUT2D eigenvalue weighted by Crippen LogP contribution is -2.44. The molecule has 0 radical (unpaired) electrons. The van der Waals surface area contributed by atoms with Crippen LogP contribution in [0.2, 0.25) is 23.3 Å². The van der Waals surface area contributed by atoms with Crippen molar-refractivity contribution in [2.45, 2.75) is 110 Å². The first-order chi connectivity index (χ1) is 17.6. The van der Waals surface area contributed by atoms with E-state index in [9.17, 15) is 4.79 Å². The smallest absolute Gasteiger partial charge is 0.407 e. The second kappa shape index (κ2) is 10.6. The van der Waals surface area contributed by atoms with Crippen LogP contribution in [0.15, 0.2) is 12.3 Å². The third-order valence-corrected chi connectivity index (χ3v) is 13.2. The molecule has 2 aliphatic rings. The normalized spacial score (nSPS) is 20.3. The summed E-state index contributed by atoms with van der Waals surface area (Å²) in [5, 5.41) is 9.80. The van der Waals surface area contributed by atoms with E-state index >= 15 is 0 Å². The van der Waals surface area contributed by atoms with E-state index in [1.807, 2.05) is 33.0 Å². The summed E-state index contributed by atoms with van der Waals surface area (Å²) in [6, 6.07) is 1.93. The molecule has 1 aliphatic heterocycles. The summed E-state index contributed by atoms with van der Waals surface area (Å²) in [4.78, 5) is 19.0. The number of hydrogen-bond donors (Lipinski definition) is 1. The number of amides is 1. The van der Waals surface area contributed by atoms with Gasteiger partial charge in [0.15, 0.2) is 14.1 Å². The van der Waals surface area contributed by atoms with E-state index in [0.717, 1.165) is 55.7 Å². The molecule has 0 aromatic carbocycles. The van der Waals surface area contributed by atoms with Crippen molar-refractivity contribution in [2.24, 2.45) is 5.41 Å². The maximum Gasteiger partial charge on any atom is 0.407 e. The number of nitrogens with zero attached hydrogens (tertiary/aromatic N) is 4. The lowest BCUT2D eigenvalue weighted by molar-refractivity contribution is 0.0509. The van der Waals surface area contributed by atoms with E-state index in [1.165, 1.54) is 12.8 Å². The molecule has 1 aliphatic carbocycles. The molecule has 1 amide bonds. The van der Waals surface area contributed by atoms with Crippen LogP contribution in [-0.2, 0) is 15.7 Å². The van der Waals surface area contributed by atoms with Crippen molar-refractivity contribution in [2.75, 3.05) is 24.6 Å². The molecular weight excluding hydrogens is 518 g/mol. The summed E-state index contributed by atoms with van der Waals surface area (Å²) in [7, 11) is -1.87. The molecule has 2 aromatic heterocycles. The highest BCUT2D eigenvalue weighted by Crippen LogP contribution is 2.44. The standard InChI is InChI=1S/C28H46ClN5O3Si/c1-26(2,3)37-25(35)31-20-11-14-33(17-20)24-21-16-30-23(29)15-22(21)34(32-24)18-28(12-9-10-13-28)19-36-38(7,8)27(4,5)6/h15-16,20H,9-14,17-19H2,1-8H3,(H,31,35)/t20-/m1/s1. The maximum atomic E-state index is 12.3. The predicted molar refractivity (Wildman–Crippen MR) is 157 cm³/mol. The Morgan fingerprint density at radius 1 is 1.21 bits per heavy atom. The van der Waals surface area contributed by atoms with Gasteiger partial charge in [0, 0.05) is 43.9 Å². The minimum Gasteiger partial charge on any atom is -0.444 e. The fourth-order valence-electron chi connectivity index (χ4n) is 5.27. The molecule has 8 nitrogen and oxygen atoms in total. The quantitative estimate of drug-likeness (QED) is 0.296. The minimum atomic E-state index is -1.87. The number of alkyl carbamates (subject to hydrolysis) is 1. The van der Waals surface area contributed by atoms with Gasteiger partial charge < -0.3 is 19.4 Å². The topological polar surface area (TPSA) is 81.5 Å². The Hall–Kier alpha value is -1.84. The number of anilines is 1. The van der Waals surface area contributed by atoms with Gasteiger partial charge in [-0.05, 0) is 58.2 Å². The monoisotopic (exact) mass is 563 g/mol. The van der Waals surface area contributed by atoms with E-state index in [0.29, 0.717) is 11.7 Å². The van der Waals surface area contributed by atoms with E-state index in [4.69, 9.17) is 25.9 Å². The van der Waals surface area contributed by atoms with E-state index in [1.54, 1.807) is 0 Å². The molecule has 3 heterocycles. The van der Waals surface area contributed by atoms with E-state index in [-0.39, 0.29) is 22.6 Å². The number of pyridine rings is 1. The Morgan fingerprint density at radius 3 is 2.53 bits per heavy atom. The number of carbonyl (C=O) groups excluding carboxylic acids is 1. The zero-order chi connectivity index (χ0) is 27.9. The molecule has 38 heavy (non-hydrogen) atoms. The summed E-state index contributed by atoms with van der Waals surface area (Å²) in [5.74, 6) is 0.899. The fourth-order valence-corrected chi connectivity index (χ4v) is 6.52. The third-order valence-electron chi connectivity index (χ3n) is 8.49. The van der Waals surface area contributed by atoms with Gasteiger partial charge >= 0.3 is 6.09 Å². The first-order valence-corrected chi connectivity index (χ1v) is 17.3. The molecule has 1 saturated carbocycles. The van der Waals surface area contributed by atoms with Gasteiger partial charge in [0.2, 0.25) is 0 Å². The lowest BCUT2D eigenvalue weighted by Gasteiger charge is -2.40. The highest BCUT2D eigenvalue weighted by atomic mass is 35.5. The average Bonchev–Trinajstić information content (AvgIpc) is 3.50. The van der Waals surface area contributed by atoms with Crippen molar-refractivity contribution in [3.8, 4) is 0 Å². The Bertz CT molecular complexity index is 1150. The number of ether oxygens (including phenoxy) is 1. The van der Waals surface area contributed by atoms with Crippen molar-refractivity contribution < 1.29 is 14.0 Å². The molecule has 1 atom stereocenters. The van der Waals surface area contributed by atoms with Gasteiger partial charge in [-0.1, -0.05) is 45.2 Å². The Labute approximate surface area is 233 Å². The largest absolute Gasteiger partial charge is 0.444 e. The highest BCUT2D eigenvalue weighted by molar-refractivity contribution is 6.74. The van der Waals surface area contributed by atoms with Crippen LogP contribution in [0.5, 0.6) is 0 Å². The second-order valence-corrected chi connectivity index (χ2v) is 19.0. The second-order valence-electron chi connectivity index (χ2n) is 13.8. The SMILES string of the molecule is CC(C)(C)OC(=O)N[C@@H]1CCN(c2nn(CC3(CO[Si](C)(C)C(C)(C)C)CCCC3)c3cc(Cl)ncc23)C1. The van der Waals surface area contributed by atoms with Crippen LogP contribution >= 0.6 is 11.6 Å². The highest BCUT2D eigenvalue weighted by Gasteiger charge is 2.42. The zero-order valence-corrected chi connectivity index (χ0v) is 26.2. The van der Waals surface area contributed by atoms with Crippen molar-refractivity contribution in [1.82, 2.24) is 20.1 Å². The van der Waals surface area contributed by atoms with Crippen molar-refractivity contribution in [3.05, 3.63) is 17.4 Å². The van der Waals surface area contributed by atoms with E-state index < -0.39 is 13.9 Å². The molecule has 0 bridgehead atoms. The maximum absolute atomic E-state index is 12.3. The number of nitrogens with one attached hydrogen (secondary N) is 1. The van der Waals surface area contributed by atoms with Gasteiger partial charge in [0.1, 0.15) is 10.8 Å². The average molecular weight is 564 g/mol. The summed E-state index contributed by atoms with van der Waals surface area (Å²) < 4.78 is 14.4. The summed E-state index contributed by atoms with van der Waals surface area (Å²) >= 11 is 6.37. The van der Waals surface area contributed by atoms with Crippen LogP contribution in [0.4, 0.5) is 10.6 Å². The van der Waals surface area contributed by atoms with E-state index in [2.05, 4.69) is 53.7 Å². The molecule has 2 fully saturated rings. The predicted octanol–water partition coefficient (Wildman–Crippen LogP) is 6.77. The summed E-state index contributed by atoms with van der Waals surface area (Å²) in [5.41, 5.74) is 0.544. The number of carbonyl (C=O) groups is 1. The summed E-state index contributed by atoms with van der Waals surface area (Å²) in [6.45, 7) is 20.2. The van der Waals surface area contributed by atoms with Gasteiger partial charge in [0.05, 0.1) is 16.9 Å². The zero-order valence-electron chi connectivity index (χ0n) is 24.5. The Balaban J connectivity index is 1.55. The van der Waals surface area contributed by atoms with Crippen LogP contribution < -0.4 is 10.2 Å². The van der Waals surface area contributed by atoms with Gasteiger partial charge in [-0.15, -0.1) is 0 Å². The van der Waals surface area contributed by atoms with Crippen LogP contribution in [0.1, 0.15) is 73.6 Å². The first kappa shape index (κ1) is 29.1. The van der Waals surface area contributed by atoms with Crippen LogP contribution in [-0.4, -0.2) is 60.5 Å². The fraction of sp³-hybridized carbons (Fsp3) is 0.750. The lowest BCUT2D eigenvalue weighted by atomic mass is 9.87. The molecule has 10 heteroatoms. The number of aromatic nitrogens is 3. The minimum absolute atomic E-state index is 0.00414. The van der Waals surface area contributed by atoms with Crippen molar-refractivity contribution >= 4 is 42.7 Å². The van der Waals surface area contributed by atoms with Gasteiger partial charge in [-0.3, -0.25) is 4.68 Å². The molecule has 1 N–H and O–H groups in total. The van der Waals surface area contributed by atoms with Crippen molar-refractivity contribution in [3.63, 3.8) is 0 Å². The van der Waals surface area contributed by atoms with Gasteiger partial charge in [0.25, 0.3) is 0 Å². The molecule has 212 valence electrons. The van der Waals surface area contributed by atoms with Crippen molar-refractivity contribution in [1.29, 1.82) is 0 Å². The van der Waals surface area contributed by atoms with Crippen LogP contribution in [0, 0.1) is 5.41 Å². The molecular formula is C28H46ClN5O3Si. The van der Waals surface area contributed by atoms with Crippen LogP contribution in [0.25, 0.3) is 10.9 Å². The molecule has 1 saturated heterocycles. The Kier molecular flexibility index (Phi) is 8.14. The molecule has 0 unspecified atom stereocenters. The van der Waals surface area contributed by atoms with Crippen LogP contribution in [0.3, 0.4) is 0 Å². The summed E-state index contributed by atoms with van der Waals surface area (Å²) in [6.07, 6.45) is 7.01.